The lowest BCUT2D eigenvalue weighted by atomic mass is 10.0. The first kappa shape index (κ1) is 19.6. The number of primary amides is 1. The van der Waals surface area contributed by atoms with Crippen molar-refractivity contribution in [3.05, 3.63) is 58.1 Å². The van der Waals surface area contributed by atoms with Gasteiger partial charge < -0.3 is 15.8 Å². The first-order valence-electron chi connectivity index (χ1n) is 8.17. The highest BCUT2D eigenvalue weighted by Gasteiger charge is 2.21. The molecule has 0 bridgehead atoms. The molecule has 0 spiro atoms. The van der Waals surface area contributed by atoms with Crippen molar-refractivity contribution in [2.24, 2.45) is 5.73 Å². The van der Waals surface area contributed by atoms with Crippen molar-refractivity contribution in [3.8, 4) is 11.5 Å². The van der Waals surface area contributed by atoms with Gasteiger partial charge in [-0.25, -0.2) is 0 Å². The summed E-state index contributed by atoms with van der Waals surface area (Å²) in [5.41, 5.74) is 6.14. The number of halogens is 2. The van der Waals surface area contributed by atoms with E-state index in [1.54, 1.807) is 6.07 Å². The predicted molar refractivity (Wildman–Crippen MR) is 102 cm³/mol. The Balaban J connectivity index is 2.28. The van der Waals surface area contributed by atoms with Crippen LogP contribution in [0, 0.1) is 0 Å². The fourth-order valence-corrected chi connectivity index (χ4v) is 3.23. The Morgan fingerprint density at radius 2 is 1.88 bits per heavy atom. The molecule has 0 aliphatic heterocycles. The van der Waals surface area contributed by atoms with Gasteiger partial charge in [0.2, 0.25) is 5.91 Å². The lowest BCUT2D eigenvalue weighted by molar-refractivity contribution is -0.118. The third-order valence-electron chi connectivity index (χ3n) is 3.82. The maximum absolute atomic E-state index is 11.1. The number of nitrogens with two attached hydrogens (primary N) is 1. The summed E-state index contributed by atoms with van der Waals surface area (Å²) in [7, 11) is 0. The van der Waals surface area contributed by atoms with E-state index in [0.29, 0.717) is 21.5 Å². The number of carbonyl (C=O) groups excluding carboxylic acids is 1. The average Bonchev–Trinajstić information content (AvgIpc) is 2.57. The van der Waals surface area contributed by atoms with Crippen molar-refractivity contribution in [1.82, 2.24) is 5.32 Å². The minimum atomic E-state index is -0.342. The number of rotatable bonds is 8. The van der Waals surface area contributed by atoms with E-state index in [-0.39, 0.29) is 24.4 Å². The Kier molecular flexibility index (Phi) is 7.12. The maximum Gasteiger partial charge on any atom is 0.218 e. The van der Waals surface area contributed by atoms with Gasteiger partial charge in [0.1, 0.15) is 5.75 Å². The molecule has 0 aliphatic carbocycles. The quantitative estimate of drug-likeness (QED) is 0.669. The van der Waals surface area contributed by atoms with Crippen LogP contribution in [-0.4, -0.2) is 11.9 Å². The topological polar surface area (TPSA) is 64.3 Å². The molecule has 134 valence electrons. The van der Waals surface area contributed by atoms with Crippen LogP contribution >= 0.6 is 23.2 Å². The molecule has 25 heavy (non-hydrogen) atoms. The highest BCUT2D eigenvalue weighted by atomic mass is 35.5. The molecule has 0 saturated heterocycles. The number of amides is 1. The van der Waals surface area contributed by atoms with Gasteiger partial charge in [0.15, 0.2) is 5.75 Å². The van der Waals surface area contributed by atoms with E-state index >= 15 is 0 Å². The minimum absolute atomic E-state index is 0.0442. The van der Waals surface area contributed by atoms with E-state index in [1.165, 1.54) is 0 Å². The van der Waals surface area contributed by atoms with Crippen LogP contribution in [0.2, 0.25) is 10.0 Å². The van der Waals surface area contributed by atoms with Gasteiger partial charge in [0, 0.05) is 18.5 Å². The van der Waals surface area contributed by atoms with Crippen molar-refractivity contribution in [2.75, 3.05) is 0 Å². The highest BCUT2D eigenvalue weighted by molar-refractivity contribution is 6.37. The molecule has 4 nitrogen and oxygen atoms in total. The zero-order valence-electron chi connectivity index (χ0n) is 14.3. The van der Waals surface area contributed by atoms with Crippen LogP contribution in [0.25, 0.3) is 0 Å². The normalized spacial score (nSPS) is 13.3. The van der Waals surface area contributed by atoms with Gasteiger partial charge in [-0.2, -0.15) is 0 Å². The van der Waals surface area contributed by atoms with Crippen molar-refractivity contribution in [3.63, 3.8) is 0 Å². The van der Waals surface area contributed by atoms with E-state index in [9.17, 15) is 4.79 Å². The summed E-state index contributed by atoms with van der Waals surface area (Å²) < 4.78 is 5.88. The summed E-state index contributed by atoms with van der Waals surface area (Å²) >= 11 is 12.9. The van der Waals surface area contributed by atoms with Crippen LogP contribution in [0.5, 0.6) is 11.5 Å². The van der Waals surface area contributed by atoms with Gasteiger partial charge in [-0.1, -0.05) is 54.4 Å². The Bertz CT molecular complexity index is 723. The minimum Gasteiger partial charge on any atom is -0.454 e. The molecule has 1 amide bonds. The van der Waals surface area contributed by atoms with Crippen molar-refractivity contribution in [1.29, 1.82) is 0 Å². The second-order valence-corrected chi connectivity index (χ2v) is 6.68. The number of nitrogens with one attached hydrogen (secondary N) is 1. The fraction of sp³-hybridized carbons (Fsp3) is 0.316. The average molecular weight is 381 g/mol. The first-order chi connectivity index (χ1) is 11.9. The van der Waals surface area contributed by atoms with Gasteiger partial charge >= 0.3 is 0 Å². The smallest absolute Gasteiger partial charge is 0.218 e. The second-order valence-electron chi connectivity index (χ2n) is 5.89. The molecule has 2 aromatic rings. The third kappa shape index (κ3) is 5.36. The Morgan fingerprint density at radius 1 is 1.20 bits per heavy atom. The van der Waals surface area contributed by atoms with Crippen molar-refractivity contribution >= 4 is 29.1 Å². The fourth-order valence-electron chi connectivity index (χ4n) is 2.65. The Hall–Kier alpha value is -1.75. The molecule has 3 N–H and O–H groups in total. The second kappa shape index (κ2) is 9.09. The van der Waals surface area contributed by atoms with Crippen LogP contribution in [0.1, 0.15) is 38.3 Å². The van der Waals surface area contributed by atoms with Crippen LogP contribution in [0.4, 0.5) is 0 Å². The van der Waals surface area contributed by atoms with Crippen LogP contribution in [-0.2, 0) is 4.79 Å². The van der Waals surface area contributed by atoms with E-state index in [2.05, 4.69) is 5.32 Å². The Morgan fingerprint density at radius 3 is 2.48 bits per heavy atom. The van der Waals surface area contributed by atoms with E-state index in [1.807, 2.05) is 50.2 Å². The number of benzene rings is 2. The van der Waals surface area contributed by atoms with E-state index in [4.69, 9.17) is 33.7 Å². The number of para-hydroxylation sites is 1. The predicted octanol–water partition coefficient (Wildman–Crippen LogP) is 5.09. The number of ether oxygens (including phenoxy) is 1. The molecule has 0 fully saturated rings. The number of carbonyl (C=O) groups is 1. The standard InChI is InChI=1S/C19H22Cl2N2O2/c1-3-16(23-12(2)11-17(22)24)14-9-10-15(20)19(18(14)21)25-13-7-5-4-6-8-13/h4-10,12,16,23H,3,11H2,1-2H3,(H2,22,24)/t12-,16+/m1/s1. The molecule has 0 heterocycles. The lowest BCUT2D eigenvalue weighted by Crippen LogP contribution is -2.34. The van der Waals surface area contributed by atoms with Crippen LogP contribution < -0.4 is 15.8 Å². The van der Waals surface area contributed by atoms with Crippen molar-refractivity contribution < 1.29 is 9.53 Å². The van der Waals surface area contributed by atoms with Crippen molar-refractivity contribution in [2.45, 2.75) is 38.8 Å². The molecule has 2 rings (SSSR count). The van der Waals surface area contributed by atoms with Gasteiger partial charge in [0.25, 0.3) is 0 Å². The SMILES string of the molecule is CC[C@H](N[C@H](C)CC(N)=O)c1ccc(Cl)c(Oc2ccccc2)c1Cl. The van der Waals surface area contributed by atoms with Gasteiger partial charge in [-0.15, -0.1) is 0 Å². The molecule has 0 aromatic heterocycles. The van der Waals surface area contributed by atoms with Gasteiger partial charge in [0.05, 0.1) is 10.0 Å². The van der Waals surface area contributed by atoms with Gasteiger partial charge in [-0.05, 0) is 37.1 Å². The van der Waals surface area contributed by atoms with Crippen LogP contribution in [0.3, 0.4) is 0 Å². The largest absolute Gasteiger partial charge is 0.454 e. The van der Waals surface area contributed by atoms with E-state index < -0.39 is 0 Å². The summed E-state index contributed by atoms with van der Waals surface area (Å²) in [6.07, 6.45) is 1.05. The molecular weight excluding hydrogens is 359 g/mol. The zero-order chi connectivity index (χ0) is 18.4. The number of hydrogen-bond acceptors (Lipinski definition) is 3. The summed E-state index contributed by atoms with van der Waals surface area (Å²) in [4.78, 5) is 11.1. The molecule has 0 radical (unpaired) electrons. The molecule has 0 aliphatic rings. The highest BCUT2D eigenvalue weighted by Crippen LogP contribution is 2.41. The van der Waals surface area contributed by atoms with Gasteiger partial charge in [-0.3, -0.25) is 4.79 Å². The summed E-state index contributed by atoms with van der Waals surface area (Å²) in [6.45, 7) is 3.95. The molecule has 6 heteroatoms. The lowest BCUT2D eigenvalue weighted by Gasteiger charge is -2.24. The summed E-state index contributed by atoms with van der Waals surface area (Å²) in [5, 5.41) is 4.28. The Labute approximate surface area is 158 Å². The molecule has 2 atom stereocenters. The zero-order valence-corrected chi connectivity index (χ0v) is 15.8. The first-order valence-corrected chi connectivity index (χ1v) is 8.93. The monoisotopic (exact) mass is 380 g/mol. The third-order valence-corrected chi connectivity index (χ3v) is 4.51. The molecular formula is C19H22Cl2N2O2. The number of hydrogen-bond donors (Lipinski definition) is 2. The van der Waals surface area contributed by atoms with E-state index in [0.717, 1.165) is 12.0 Å². The van der Waals surface area contributed by atoms with Crippen LogP contribution in [0.15, 0.2) is 42.5 Å². The summed E-state index contributed by atoms with van der Waals surface area (Å²) in [5.74, 6) is 0.742. The maximum atomic E-state index is 11.1. The summed E-state index contributed by atoms with van der Waals surface area (Å²) in [6, 6.07) is 12.9. The molecule has 0 unspecified atom stereocenters. The molecule has 0 saturated carbocycles. The molecule has 2 aromatic carbocycles.